The van der Waals surface area contributed by atoms with Gasteiger partial charge in [0, 0.05) is 19.0 Å². The van der Waals surface area contributed by atoms with E-state index in [1.54, 1.807) is 0 Å². The molecule has 1 N–H and O–H groups in total. The van der Waals surface area contributed by atoms with E-state index in [4.69, 9.17) is 4.74 Å². The molecule has 0 saturated carbocycles. The Morgan fingerprint density at radius 1 is 1.04 bits per heavy atom. The predicted molar refractivity (Wildman–Crippen MR) is 105 cm³/mol. The number of benzene rings is 2. The topological polar surface area (TPSA) is 58.6 Å². The van der Waals surface area contributed by atoms with Crippen LogP contribution in [0.4, 0.5) is 0 Å². The highest BCUT2D eigenvalue weighted by Crippen LogP contribution is 2.38. The third-order valence-electron chi connectivity index (χ3n) is 6.49. The zero-order chi connectivity index (χ0) is 19.1. The van der Waals surface area contributed by atoms with E-state index in [2.05, 4.69) is 17.4 Å². The zero-order valence-electron chi connectivity index (χ0n) is 15.8. The van der Waals surface area contributed by atoms with Gasteiger partial charge in [0.05, 0.1) is 5.54 Å². The first-order valence-electron chi connectivity index (χ1n) is 9.99. The molecule has 2 atom stereocenters. The second kappa shape index (κ2) is 6.74. The fourth-order valence-corrected chi connectivity index (χ4v) is 5.05. The average molecular weight is 376 g/mol. The summed E-state index contributed by atoms with van der Waals surface area (Å²) in [7, 11) is 0. The molecule has 28 heavy (non-hydrogen) atoms. The maximum atomic E-state index is 13.2. The van der Waals surface area contributed by atoms with Crippen molar-refractivity contribution in [2.75, 3.05) is 19.7 Å². The molecule has 1 aliphatic carbocycles. The number of hydrogen-bond acceptors (Lipinski definition) is 3. The molecule has 5 rings (SSSR count). The van der Waals surface area contributed by atoms with Crippen molar-refractivity contribution in [2.45, 2.75) is 30.9 Å². The molecule has 2 aliphatic heterocycles. The van der Waals surface area contributed by atoms with Gasteiger partial charge in [0.25, 0.3) is 0 Å². The van der Waals surface area contributed by atoms with Crippen LogP contribution in [0.5, 0.6) is 0 Å². The lowest BCUT2D eigenvalue weighted by Gasteiger charge is -2.50. The van der Waals surface area contributed by atoms with Crippen LogP contribution in [0.15, 0.2) is 54.6 Å². The molecule has 144 valence electrons. The monoisotopic (exact) mass is 376 g/mol. The Morgan fingerprint density at radius 3 is 2.43 bits per heavy atom. The molecule has 2 amide bonds. The maximum absolute atomic E-state index is 13.2. The highest BCUT2D eigenvalue weighted by molar-refractivity contribution is 5.82. The lowest BCUT2D eigenvalue weighted by Crippen LogP contribution is -2.67. The fraction of sp³-hybridized carbons (Fsp3) is 0.391. The standard InChI is InChI=1S/C23H24N2O3/c26-21-15-28-20-14-25(11-10-23(20,24-21)19-8-2-1-3-9-19)22(27)18-12-16-6-4-5-7-17(16)13-18/h1-9,18,20H,10-15H2,(H,24,26)/t20-,23+/m1/s1. The van der Waals surface area contributed by atoms with Gasteiger partial charge >= 0.3 is 0 Å². The Morgan fingerprint density at radius 2 is 1.71 bits per heavy atom. The van der Waals surface area contributed by atoms with Crippen LogP contribution in [0.3, 0.4) is 0 Å². The molecule has 2 fully saturated rings. The van der Waals surface area contributed by atoms with Crippen LogP contribution in [-0.4, -0.2) is 42.5 Å². The second-order valence-electron chi connectivity index (χ2n) is 8.09. The number of fused-ring (bicyclic) bond motifs is 2. The minimum absolute atomic E-state index is 0.0137. The van der Waals surface area contributed by atoms with Crippen molar-refractivity contribution in [2.24, 2.45) is 5.92 Å². The van der Waals surface area contributed by atoms with Gasteiger partial charge < -0.3 is 15.0 Å². The SMILES string of the molecule is O=C1CO[C@@H]2CN(C(=O)C3Cc4ccccc4C3)CC[C@@]2(c2ccccc2)N1. The number of nitrogens with one attached hydrogen (secondary N) is 1. The van der Waals surface area contributed by atoms with Crippen LogP contribution in [0, 0.1) is 5.92 Å². The molecule has 3 aliphatic rings. The largest absolute Gasteiger partial charge is 0.364 e. The highest BCUT2D eigenvalue weighted by Gasteiger charge is 2.50. The van der Waals surface area contributed by atoms with E-state index in [-0.39, 0.29) is 30.4 Å². The number of carbonyl (C=O) groups is 2. The summed E-state index contributed by atoms with van der Waals surface area (Å²) in [6, 6.07) is 18.3. The van der Waals surface area contributed by atoms with Gasteiger partial charge in [-0.15, -0.1) is 0 Å². The second-order valence-corrected chi connectivity index (χ2v) is 8.09. The van der Waals surface area contributed by atoms with Gasteiger partial charge in [-0.25, -0.2) is 0 Å². The molecule has 5 heteroatoms. The highest BCUT2D eigenvalue weighted by atomic mass is 16.5. The van der Waals surface area contributed by atoms with Crippen LogP contribution in [0.25, 0.3) is 0 Å². The Balaban J connectivity index is 1.36. The summed E-state index contributed by atoms with van der Waals surface area (Å²) in [5.74, 6) is 0.129. The Labute approximate surface area is 164 Å². The van der Waals surface area contributed by atoms with E-state index in [0.717, 1.165) is 18.4 Å². The quantitative estimate of drug-likeness (QED) is 0.873. The number of hydrogen-bond donors (Lipinski definition) is 1. The van der Waals surface area contributed by atoms with E-state index < -0.39 is 5.54 Å². The van der Waals surface area contributed by atoms with Crippen molar-refractivity contribution < 1.29 is 14.3 Å². The van der Waals surface area contributed by atoms with Gasteiger partial charge in [-0.05, 0) is 36.0 Å². The summed E-state index contributed by atoms with van der Waals surface area (Å²) < 4.78 is 5.95. The number of amides is 2. The van der Waals surface area contributed by atoms with E-state index in [9.17, 15) is 9.59 Å². The van der Waals surface area contributed by atoms with Crippen molar-refractivity contribution in [3.63, 3.8) is 0 Å². The third-order valence-corrected chi connectivity index (χ3v) is 6.49. The van der Waals surface area contributed by atoms with Crippen LogP contribution in [0.1, 0.15) is 23.1 Å². The van der Waals surface area contributed by atoms with Crippen LogP contribution in [0.2, 0.25) is 0 Å². The van der Waals surface area contributed by atoms with Gasteiger partial charge in [-0.2, -0.15) is 0 Å². The van der Waals surface area contributed by atoms with E-state index in [1.165, 1.54) is 11.1 Å². The van der Waals surface area contributed by atoms with Crippen molar-refractivity contribution in [1.29, 1.82) is 0 Å². The van der Waals surface area contributed by atoms with Gasteiger partial charge in [0.1, 0.15) is 12.7 Å². The third kappa shape index (κ3) is 2.81. The average Bonchev–Trinajstić information content (AvgIpc) is 3.17. The molecule has 2 aromatic rings. The van der Waals surface area contributed by atoms with Gasteiger partial charge in [0.2, 0.25) is 11.8 Å². The molecule has 2 saturated heterocycles. The molecular weight excluding hydrogens is 352 g/mol. The first kappa shape index (κ1) is 17.4. The number of rotatable bonds is 2. The van der Waals surface area contributed by atoms with E-state index in [1.807, 2.05) is 47.4 Å². The summed E-state index contributed by atoms with van der Waals surface area (Å²) >= 11 is 0. The van der Waals surface area contributed by atoms with Gasteiger partial charge in [-0.1, -0.05) is 54.6 Å². The summed E-state index contributed by atoms with van der Waals surface area (Å²) in [6.45, 7) is 1.19. The van der Waals surface area contributed by atoms with Crippen molar-refractivity contribution in [3.8, 4) is 0 Å². The lowest BCUT2D eigenvalue weighted by atomic mass is 9.77. The lowest BCUT2D eigenvalue weighted by molar-refractivity contribution is -0.159. The van der Waals surface area contributed by atoms with Crippen LogP contribution < -0.4 is 5.32 Å². The molecule has 0 bridgehead atoms. The minimum Gasteiger partial charge on any atom is -0.364 e. The van der Waals surface area contributed by atoms with Crippen molar-refractivity contribution >= 4 is 11.8 Å². The van der Waals surface area contributed by atoms with E-state index in [0.29, 0.717) is 19.5 Å². The Bertz CT molecular complexity index is 888. The number of morpholine rings is 1. The number of carbonyl (C=O) groups excluding carboxylic acids is 2. The number of piperidine rings is 1. The van der Waals surface area contributed by atoms with Gasteiger partial charge in [0.15, 0.2) is 0 Å². The fourth-order valence-electron chi connectivity index (χ4n) is 5.05. The Kier molecular flexibility index (Phi) is 4.20. The molecule has 2 aromatic carbocycles. The molecular formula is C23H24N2O3. The molecule has 2 heterocycles. The molecule has 5 nitrogen and oxygen atoms in total. The number of nitrogens with zero attached hydrogens (tertiary/aromatic N) is 1. The summed E-state index contributed by atoms with van der Waals surface area (Å²) in [4.78, 5) is 27.3. The summed E-state index contributed by atoms with van der Waals surface area (Å²) in [6.07, 6.45) is 2.07. The van der Waals surface area contributed by atoms with Crippen LogP contribution >= 0.6 is 0 Å². The first-order valence-corrected chi connectivity index (χ1v) is 9.99. The predicted octanol–water partition coefficient (Wildman–Crippen LogP) is 2.04. The van der Waals surface area contributed by atoms with E-state index >= 15 is 0 Å². The minimum atomic E-state index is -0.550. The first-order chi connectivity index (χ1) is 13.7. The Hall–Kier alpha value is -2.66. The van der Waals surface area contributed by atoms with Crippen molar-refractivity contribution in [3.05, 3.63) is 71.3 Å². The maximum Gasteiger partial charge on any atom is 0.246 e. The van der Waals surface area contributed by atoms with Crippen LogP contribution in [-0.2, 0) is 32.7 Å². The molecule has 0 radical (unpaired) electrons. The van der Waals surface area contributed by atoms with Crippen molar-refractivity contribution in [1.82, 2.24) is 10.2 Å². The number of likely N-dealkylation sites (tertiary alicyclic amines) is 1. The molecule has 0 spiro atoms. The summed E-state index contributed by atoms with van der Waals surface area (Å²) in [5.41, 5.74) is 3.08. The summed E-state index contributed by atoms with van der Waals surface area (Å²) in [5, 5.41) is 3.19. The zero-order valence-corrected chi connectivity index (χ0v) is 15.8. The smallest absolute Gasteiger partial charge is 0.246 e. The number of ether oxygens (including phenoxy) is 1. The molecule has 0 aromatic heterocycles. The van der Waals surface area contributed by atoms with Gasteiger partial charge in [-0.3, -0.25) is 9.59 Å². The normalized spacial score (nSPS) is 27.1. The molecule has 0 unspecified atom stereocenters.